The largest absolute Gasteiger partial charge is 0.269 e. The van der Waals surface area contributed by atoms with E-state index in [1.165, 1.54) is 12.1 Å². The van der Waals surface area contributed by atoms with Crippen molar-refractivity contribution in [2.75, 3.05) is 0 Å². The van der Waals surface area contributed by atoms with Crippen LogP contribution in [0.25, 0.3) is 11.4 Å². The van der Waals surface area contributed by atoms with Crippen LogP contribution < -0.4 is 0 Å². The molecule has 1 aromatic carbocycles. The summed E-state index contributed by atoms with van der Waals surface area (Å²) in [6.45, 7) is 4.16. The summed E-state index contributed by atoms with van der Waals surface area (Å²) in [7, 11) is 0. The number of nitrogens with zero attached hydrogens (tertiary/aromatic N) is 4. The van der Waals surface area contributed by atoms with Crippen LogP contribution in [0.15, 0.2) is 24.3 Å². The topological polar surface area (TPSA) is 81.8 Å². The summed E-state index contributed by atoms with van der Waals surface area (Å²) < 4.78 is 0. The quantitative estimate of drug-likeness (QED) is 0.600. The summed E-state index contributed by atoms with van der Waals surface area (Å²) in [6.07, 6.45) is 3.54. The highest BCUT2D eigenvalue weighted by atomic mass is 16.6. The van der Waals surface area contributed by atoms with Gasteiger partial charge in [0.15, 0.2) is 5.82 Å². The van der Waals surface area contributed by atoms with Crippen LogP contribution in [0.3, 0.4) is 0 Å². The van der Waals surface area contributed by atoms with Crippen molar-refractivity contribution in [2.24, 2.45) is 0 Å². The highest BCUT2D eigenvalue weighted by molar-refractivity contribution is 5.57. The van der Waals surface area contributed by atoms with Gasteiger partial charge in [-0.05, 0) is 25.0 Å². The molecule has 2 aromatic rings. The molecule has 0 aliphatic heterocycles. The van der Waals surface area contributed by atoms with Gasteiger partial charge in [0.2, 0.25) is 0 Å². The van der Waals surface area contributed by atoms with Crippen LogP contribution in [0.5, 0.6) is 0 Å². The molecule has 6 nitrogen and oxygen atoms in total. The number of nitro benzene ring substituents is 1. The normalized spacial score (nSPS) is 10.6. The standard InChI is InChI=1S/C15H18N4O2/c1-3-5-13-16-14(6-4-2)18-15(17-13)11-7-9-12(10-8-11)19(20)21/h7-10H,3-6H2,1-2H3. The SMILES string of the molecule is CCCc1nc(CCC)nc(-c2ccc([N+](=O)[O-])cc2)n1. The first kappa shape index (κ1) is 15.0. The van der Waals surface area contributed by atoms with Gasteiger partial charge in [0, 0.05) is 30.5 Å². The van der Waals surface area contributed by atoms with E-state index in [9.17, 15) is 10.1 Å². The van der Waals surface area contributed by atoms with Gasteiger partial charge in [-0.1, -0.05) is 13.8 Å². The number of non-ortho nitro benzene ring substituents is 1. The smallest absolute Gasteiger partial charge is 0.258 e. The van der Waals surface area contributed by atoms with Gasteiger partial charge >= 0.3 is 0 Å². The molecular formula is C15H18N4O2. The number of aryl methyl sites for hydroxylation is 2. The zero-order valence-corrected chi connectivity index (χ0v) is 12.2. The summed E-state index contributed by atoms with van der Waals surface area (Å²) in [4.78, 5) is 23.6. The van der Waals surface area contributed by atoms with Gasteiger partial charge in [0.25, 0.3) is 5.69 Å². The lowest BCUT2D eigenvalue weighted by Gasteiger charge is -2.06. The van der Waals surface area contributed by atoms with Crippen LogP contribution >= 0.6 is 0 Å². The van der Waals surface area contributed by atoms with Gasteiger partial charge in [-0.15, -0.1) is 0 Å². The number of nitro groups is 1. The van der Waals surface area contributed by atoms with Crippen LogP contribution in [-0.4, -0.2) is 19.9 Å². The summed E-state index contributed by atoms with van der Waals surface area (Å²) in [5, 5.41) is 10.7. The average molecular weight is 286 g/mol. The minimum Gasteiger partial charge on any atom is -0.258 e. The Morgan fingerprint density at radius 3 is 1.90 bits per heavy atom. The molecule has 0 amide bonds. The molecule has 0 saturated carbocycles. The van der Waals surface area contributed by atoms with Gasteiger partial charge in [-0.3, -0.25) is 10.1 Å². The number of hydrogen-bond acceptors (Lipinski definition) is 5. The van der Waals surface area contributed by atoms with Crippen molar-refractivity contribution in [3.63, 3.8) is 0 Å². The predicted octanol–water partition coefficient (Wildman–Crippen LogP) is 3.35. The maximum atomic E-state index is 10.7. The molecule has 0 spiro atoms. The Labute approximate surface area is 123 Å². The number of hydrogen-bond donors (Lipinski definition) is 0. The first-order valence-electron chi connectivity index (χ1n) is 7.12. The highest BCUT2D eigenvalue weighted by Gasteiger charge is 2.10. The third-order valence-electron chi connectivity index (χ3n) is 3.01. The Balaban J connectivity index is 2.38. The molecule has 0 radical (unpaired) electrons. The van der Waals surface area contributed by atoms with Crippen LogP contribution in [0.1, 0.15) is 38.3 Å². The van der Waals surface area contributed by atoms with Crippen molar-refractivity contribution >= 4 is 5.69 Å². The van der Waals surface area contributed by atoms with E-state index in [0.717, 1.165) is 42.9 Å². The Hall–Kier alpha value is -2.37. The lowest BCUT2D eigenvalue weighted by Crippen LogP contribution is -2.05. The maximum Gasteiger partial charge on any atom is 0.269 e. The Morgan fingerprint density at radius 2 is 1.48 bits per heavy atom. The summed E-state index contributed by atoms with van der Waals surface area (Å²) in [5.41, 5.74) is 0.841. The molecule has 0 aliphatic carbocycles. The molecule has 110 valence electrons. The summed E-state index contributed by atoms with van der Waals surface area (Å²) in [5.74, 6) is 2.15. The van der Waals surface area contributed by atoms with Crippen LogP contribution in [0.4, 0.5) is 5.69 Å². The number of aromatic nitrogens is 3. The van der Waals surface area contributed by atoms with Crippen molar-refractivity contribution in [1.82, 2.24) is 15.0 Å². The summed E-state index contributed by atoms with van der Waals surface area (Å²) >= 11 is 0. The Kier molecular flexibility index (Phi) is 4.92. The average Bonchev–Trinajstić information content (AvgIpc) is 2.48. The molecule has 0 fully saturated rings. The van der Waals surface area contributed by atoms with Crippen molar-refractivity contribution in [3.8, 4) is 11.4 Å². The second-order valence-electron chi connectivity index (χ2n) is 4.80. The van der Waals surface area contributed by atoms with Crippen molar-refractivity contribution < 1.29 is 4.92 Å². The zero-order valence-electron chi connectivity index (χ0n) is 12.2. The third kappa shape index (κ3) is 3.81. The van der Waals surface area contributed by atoms with Crippen molar-refractivity contribution in [3.05, 3.63) is 46.0 Å². The molecule has 21 heavy (non-hydrogen) atoms. The summed E-state index contributed by atoms with van der Waals surface area (Å²) in [6, 6.07) is 6.30. The molecule has 0 bridgehead atoms. The fourth-order valence-electron chi connectivity index (χ4n) is 2.00. The lowest BCUT2D eigenvalue weighted by molar-refractivity contribution is -0.384. The van der Waals surface area contributed by atoms with E-state index < -0.39 is 4.92 Å². The molecule has 1 aromatic heterocycles. The van der Waals surface area contributed by atoms with Gasteiger partial charge in [0.1, 0.15) is 11.6 Å². The fourth-order valence-corrected chi connectivity index (χ4v) is 2.00. The second kappa shape index (κ2) is 6.88. The van der Waals surface area contributed by atoms with Gasteiger partial charge < -0.3 is 0 Å². The maximum absolute atomic E-state index is 10.7. The first-order valence-corrected chi connectivity index (χ1v) is 7.12. The second-order valence-corrected chi connectivity index (χ2v) is 4.80. The number of rotatable bonds is 6. The van der Waals surface area contributed by atoms with E-state index >= 15 is 0 Å². The van der Waals surface area contributed by atoms with E-state index in [-0.39, 0.29) is 5.69 Å². The minimum atomic E-state index is -0.414. The molecule has 0 aliphatic rings. The van der Waals surface area contributed by atoms with Gasteiger partial charge in [-0.2, -0.15) is 0 Å². The molecular weight excluding hydrogens is 268 g/mol. The first-order chi connectivity index (χ1) is 10.1. The zero-order chi connectivity index (χ0) is 15.2. The van der Waals surface area contributed by atoms with E-state index in [4.69, 9.17) is 0 Å². The molecule has 0 unspecified atom stereocenters. The monoisotopic (exact) mass is 286 g/mol. The molecule has 0 atom stereocenters. The van der Waals surface area contributed by atoms with E-state index in [1.54, 1.807) is 12.1 Å². The molecule has 0 N–H and O–H groups in total. The number of benzene rings is 1. The minimum absolute atomic E-state index is 0.0652. The Morgan fingerprint density at radius 1 is 0.952 bits per heavy atom. The molecule has 1 heterocycles. The van der Waals surface area contributed by atoms with Crippen molar-refractivity contribution in [1.29, 1.82) is 0 Å². The van der Waals surface area contributed by atoms with Gasteiger partial charge in [-0.25, -0.2) is 15.0 Å². The molecule has 2 rings (SSSR count). The van der Waals surface area contributed by atoms with E-state index in [0.29, 0.717) is 5.82 Å². The fraction of sp³-hybridized carbons (Fsp3) is 0.400. The predicted molar refractivity (Wildman–Crippen MR) is 79.9 cm³/mol. The van der Waals surface area contributed by atoms with Gasteiger partial charge in [0.05, 0.1) is 4.92 Å². The highest BCUT2D eigenvalue weighted by Crippen LogP contribution is 2.20. The van der Waals surface area contributed by atoms with Crippen LogP contribution in [0.2, 0.25) is 0 Å². The van der Waals surface area contributed by atoms with Crippen LogP contribution in [0, 0.1) is 10.1 Å². The van der Waals surface area contributed by atoms with Crippen LogP contribution in [-0.2, 0) is 12.8 Å². The third-order valence-corrected chi connectivity index (χ3v) is 3.01. The molecule has 6 heteroatoms. The van der Waals surface area contributed by atoms with Crippen molar-refractivity contribution in [2.45, 2.75) is 39.5 Å². The lowest BCUT2D eigenvalue weighted by atomic mass is 10.2. The van der Waals surface area contributed by atoms with E-state index in [2.05, 4.69) is 28.8 Å². The van der Waals surface area contributed by atoms with E-state index in [1.807, 2.05) is 0 Å². The Bertz CT molecular complexity index is 602. The molecule has 0 saturated heterocycles.